The lowest BCUT2D eigenvalue weighted by Crippen LogP contribution is -2.41. The monoisotopic (exact) mass is 480 g/mol. The van der Waals surface area contributed by atoms with Gasteiger partial charge in [-0.05, 0) is 85.1 Å². The third-order valence-corrected chi connectivity index (χ3v) is 6.28. The van der Waals surface area contributed by atoms with Gasteiger partial charge >= 0.3 is 0 Å². The third-order valence-electron chi connectivity index (χ3n) is 6.03. The molecule has 0 saturated carbocycles. The SMILES string of the molecule is COc1ccc(N2C(=O)Cc3cc(OC)c(OC(C)CCN)cc3C2c2ccc(Cl)cc2)cc1. The second-order valence-electron chi connectivity index (χ2n) is 8.30. The van der Waals surface area contributed by atoms with Gasteiger partial charge in [0.25, 0.3) is 0 Å². The summed E-state index contributed by atoms with van der Waals surface area (Å²) in [6.45, 7) is 2.51. The number of methoxy groups -OCH3 is 2. The van der Waals surface area contributed by atoms with Crippen LogP contribution in [0.1, 0.15) is 36.1 Å². The molecule has 0 bridgehead atoms. The first kappa shape index (κ1) is 23.9. The third kappa shape index (κ3) is 4.83. The van der Waals surface area contributed by atoms with Crippen molar-refractivity contribution in [1.29, 1.82) is 0 Å². The van der Waals surface area contributed by atoms with Crippen molar-refractivity contribution < 1.29 is 19.0 Å². The lowest BCUT2D eigenvalue weighted by molar-refractivity contribution is -0.118. The predicted molar refractivity (Wildman–Crippen MR) is 134 cm³/mol. The van der Waals surface area contributed by atoms with E-state index in [2.05, 4.69) is 0 Å². The maximum Gasteiger partial charge on any atom is 0.232 e. The Morgan fingerprint density at radius 2 is 1.74 bits per heavy atom. The molecule has 1 aliphatic heterocycles. The van der Waals surface area contributed by atoms with Gasteiger partial charge in [-0.1, -0.05) is 23.7 Å². The molecule has 0 aliphatic carbocycles. The minimum Gasteiger partial charge on any atom is -0.497 e. The van der Waals surface area contributed by atoms with Crippen molar-refractivity contribution in [3.05, 3.63) is 82.4 Å². The smallest absolute Gasteiger partial charge is 0.232 e. The van der Waals surface area contributed by atoms with Crippen LogP contribution in [-0.4, -0.2) is 32.8 Å². The van der Waals surface area contributed by atoms with Crippen LogP contribution in [0.4, 0.5) is 5.69 Å². The fraction of sp³-hybridized carbons (Fsp3) is 0.296. The van der Waals surface area contributed by atoms with E-state index in [0.29, 0.717) is 23.1 Å². The van der Waals surface area contributed by atoms with Crippen molar-refractivity contribution in [1.82, 2.24) is 0 Å². The van der Waals surface area contributed by atoms with Gasteiger partial charge in [-0.3, -0.25) is 4.79 Å². The number of amides is 1. The van der Waals surface area contributed by atoms with E-state index < -0.39 is 0 Å². The lowest BCUT2D eigenvalue weighted by Gasteiger charge is -2.38. The van der Waals surface area contributed by atoms with Gasteiger partial charge in [-0.15, -0.1) is 0 Å². The van der Waals surface area contributed by atoms with Gasteiger partial charge in [0.2, 0.25) is 5.91 Å². The Balaban J connectivity index is 1.86. The number of rotatable bonds is 8. The molecule has 0 saturated heterocycles. The highest BCUT2D eigenvalue weighted by Crippen LogP contribution is 2.44. The number of ether oxygens (including phenoxy) is 3. The maximum absolute atomic E-state index is 13.5. The number of carbonyl (C=O) groups excluding carboxylic acids is 1. The van der Waals surface area contributed by atoms with Crippen molar-refractivity contribution in [2.24, 2.45) is 5.73 Å². The molecule has 3 aromatic carbocycles. The second kappa shape index (κ2) is 10.4. The molecule has 0 aromatic heterocycles. The summed E-state index contributed by atoms with van der Waals surface area (Å²) in [6, 6.07) is 18.6. The fourth-order valence-corrected chi connectivity index (χ4v) is 4.45. The van der Waals surface area contributed by atoms with Gasteiger partial charge in [-0.2, -0.15) is 0 Å². The molecule has 6 nitrogen and oxygen atoms in total. The number of benzene rings is 3. The van der Waals surface area contributed by atoms with Gasteiger partial charge in [0, 0.05) is 10.7 Å². The van der Waals surface area contributed by atoms with Crippen molar-refractivity contribution in [2.45, 2.75) is 31.9 Å². The van der Waals surface area contributed by atoms with E-state index in [9.17, 15) is 4.79 Å². The highest BCUT2D eigenvalue weighted by Gasteiger charge is 2.36. The van der Waals surface area contributed by atoms with Crippen LogP contribution in [-0.2, 0) is 11.2 Å². The van der Waals surface area contributed by atoms with Gasteiger partial charge < -0.3 is 24.8 Å². The average molecular weight is 481 g/mol. The van der Waals surface area contributed by atoms with Crippen molar-refractivity contribution >= 4 is 23.2 Å². The zero-order chi connectivity index (χ0) is 24.2. The number of carbonyl (C=O) groups is 1. The molecule has 2 unspecified atom stereocenters. The van der Waals surface area contributed by atoms with E-state index in [4.69, 9.17) is 31.5 Å². The molecule has 0 spiro atoms. The summed E-state index contributed by atoms with van der Waals surface area (Å²) in [4.78, 5) is 15.3. The molecular formula is C27H29ClN2O4. The van der Waals surface area contributed by atoms with Gasteiger partial charge in [0.05, 0.1) is 32.8 Å². The Morgan fingerprint density at radius 1 is 1.03 bits per heavy atom. The van der Waals surface area contributed by atoms with Crippen LogP contribution in [0, 0.1) is 0 Å². The normalized spacial score (nSPS) is 16.1. The van der Waals surface area contributed by atoms with Crippen LogP contribution < -0.4 is 24.8 Å². The molecule has 178 valence electrons. The average Bonchev–Trinajstić information content (AvgIpc) is 2.84. The van der Waals surface area contributed by atoms with Crippen LogP contribution in [0.5, 0.6) is 17.2 Å². The molecule has 1 heterocycles. The van der Waals surface area contributed by atoms with Crippen LogP contribution in [0.2, 0.25) is 5.02 Å². The van der Waals surface area contributed by atoms with Crippen LogP contribution >= 0.6 is 11.6 Å². The lowest BCUT2D eigenvalue weighted by atomic mass is 9.86. The molecule has 7 heteroatoms. The Hall–Kier alpha value is -3.22. The Bertz CT molecular complexity index is 1150. The number of hydrogen-bond donors (Lipinski definition) is 1. The van der Waals surface area contributed by atoms with Crippen LogP contribution in [0.3, 0.4) is 0 Å². The number of nitrogens with two attached hydrogens (primary N) is 1. The molecule has 1 aliphatic rings. The highest BCUT2D eigenvalue weighted by molar-refractivity contribution is 6.30. The largest absolute Gasteiger partial charge is 0.497 e. The van der Waals surface area contributed by atoms with E-state index in [1.807, 2.05) is 72.5 Å². The summed E-state index contributed by atoms with van der Waals surface area (Å²) in [7, 11) is 3.22. The molecule has 1 amide bonds. The van der Waals surface area contributed by atoms with Crippen molar-refractivity contribution in [2.75, 3.05) is 25.7 Å². The standard InChI is InChI=1S/C27H29ClN2O4/c1-17(12-13-29)34-25-16-23-19(14-24(25)33-3)15-26(31)30(21-8-10-22(32-2)11-9-21)27(23)18-4-6-20(28)7-5-18/h4-11,14,16-17,27H,12-13,15,29H2,1-3H3. The summed E-state index contributed by atoms with van der Waals surface area (Å²) in [6.07, 6.45) is 0.895. The zero-order valence-electron chi connectivity index (χ0n) is 19.6. The molecule has 34 heavy (non-hydrogen) atoms. The van der Waals surface area contributed by atoms with Gasteiger partial charge in [-0.25, -0.2) is 0 Å². The van der Waals surface area contributed by atoms with Gasteiger partial charge in [0.15, 0.2) is 11.5 Å². The molecule has 0 radical (unpaired) electrons. The molecule has 2 N–H and O–H groups in total. The quantitative estimate of drug-likeness (QED) is 0.482. The van der Waals surface area contributed by atoms with E-state index in [1.165, 1.54) is 0 Å². The van der Waals surface area contributed by atoms with Gasteiger partial charge in [0.1, 0.15) is 5.75 Å². The van der Waals surface area contributed by atoms with E-state index in [0.717, 1.165) is 34.5 Å². The topological polar surface area (TPSA) is 74.0 Å². The van der Waals surface area contributed by atoms with Crippen molar-refractivity contribution in [3.63, 3.8) is 0 Å². The first-order valence-electron chi connectivity index (χ1n) is 11.2. The van der Waals surface area contributed by atoms with E-state index >= 15 is 0 Å². The summed E-state index contributed by atoms with van der Waals surface area (Å²) in [5, 5.41) is 0.636. The minimum atomic E-state index is -0.361. The summed E-state index contributed by atoms with van der Waals surface area (Å²) in [5.74, 6) is 1.95. The molecule has 4 rings (SSSR count). The number of fused-ring (bicyclic) bond motifs is 1. The summed E-state index contributed by atoms with van der Waals surface area (Å²) >= 11 is 6.18. The molecular weight excluding hydrogens is 452 g/mol. The molecule has 0 fully saturated rings. The molecule has 2 atom stereocenters. The first-order valence-corrected chi connectivity index (χ1v) is 11.6. The van der Waals surface area contributed by atoms with Crippen LogP contribution in [0.25, 0.3) is 0 Å². The van der Waals surface area contributed by atoms with Crippen molar-refractivity contribution in [3.8, 4) is 17.2 Å². The number of anilines is 1. The Morgan fingerprint density at radius 3 is 2.35 bits per heavy atom. The Labute approximate surface area is 205 Å². The second-order valence-corrected chi connectivity index (χ2v) is 8.74. The van der Waals surface area contributed by atoms with E-state index in [1.54, 1.807) is 14.2 Å². The summed E-state index contributed by atoms with van der Waals surface area (Å²) in [5.41, 5.74) is 9.33. The number of halogens is 1. The highest BCUT2D eigenvalue weighted by atomic mass is 35.5. The summed E-state index contributed by atoms with van der Waals surface area (Å²) < 4.78 is 17.1. The number of hydrogen-bond acceptors (Lipinski definition) is 5. The zero-order valence-corrected chi connectivity index (χ0v) is 20.3. The molecule has 3 aromatic rings. The van der Waals surface area contributed by atoms with E-state index in [-0.39, 0.29) is 24.5 Å². The van der Waals surface area contributed by atoms with Crippen LogP contribution in [0.15, 0.2) is 60.7 Å². The minimum absolute atomic E-state index is 0.00941. The Kier molecular flexibility index (Phi) is 7.29. The predicted octanol–water partition coefficient (Wildman–Crippen LogP) is 5.15. The first-order chi connectivity index (χ1) is 16.4. The maximum atomic E-state index is 13.5. The fourth-order valence-electron chi connectivity index (χ4n) is 4.33. The number of nitrogens with zero attached hydrogens (tertiary/aromatic N) is 1.